The summed E-state index contributed by atoms with van der Waals surface area (Å²) < 4.78 is 33.7. The molecule has 0 aromatic heterocycles. The molecule has 0 atom stereocenters. The molecule has 258 valence electrons. The zero-order chi connectivity index (χ0) is 32.6. The molecule has 2 aromatic rings. The Hall–Kier alpha value is -2.16. The number of halogens is 2. The Balaban J connectivity index is 0.000000172. The maximum Gasteiger partial charge on any atom is 0.201 e. The molecular formula is C44H62F2O. The van der Waals surface area contributed by atoms with Crippen molar-refractivity contribution in [2.24, 2.45) is 41.4 Å². The van der Waals surface area contributed by atoms with Crippen molar-refractivity contribution in [1.82, 2.24) is 0 Å². The summed E-state index contributed by atoms with van der Waals surface area (Å²) in [5, 5.41) is 0. The molecule has 0 aliphatic heterocycles. The maximum atomic E-state index is 14.4. The summed E-state index contributed by atoms with van der Waals surface area (Å²) in [4.78, 5) is 0. The molecule has 7 rings (SSSR count). The molecule has 0 amide bonds. The molecule has 0 spiro atoms. The van der Waals surface area contributed by atoms with Crippen molar-refractivity contribution in [3.8, 4) is 16.9 Å². The lowest BCUT2D eigenvalue weighted by Crippen LogP contribution is -2.27. The third-order valence-electron chi connectivity index (χ3n) is 13.1. The molecule has 2 aromatic carbocycles. The van der Waals surface area contributed by atoms with Gasteiger partial charge in [0, 0.05) is 5.56 Å². The van der Waals surface area contributed by atoms with Gasteiger partial charge in [-0.2, -0.15) is 4.39 Å². The van der Waals surface area contributed by atoms with Gasteiger partial charge in [-0.3, -0.25) is 0 Å². The zero-order valence-corrected chi connectivity index (χ0v) is 29.5. The van der Waals surface area contributed by atoms with Crippen molar-refractivity contribution in [1.29, 1.82) is 0 Å². The largest absolute Gasteiger partial charge is 0.491 e. The van der Waals surface area contributed by atoms with Crippen LogP contribution < -0.4 is 4.74 Å². The van der Waals surface area contributed by atoms with E-state index in [0.29, 0.717) is 18.1 Å². The first-order valence-electron chi connectivity index (χ1n) is 19.9. The van der Waals surface area contributed by atoms with Crippen molar-refractivity contribution in [2.75, 3.05) is 6.61 Å². The van der Waals surface area contributed by atoms with Crippen LogP contribution in [0.4, 0.5) is 8.78 Å². The van der Waals surface area contributed by atoms with Gasteiger partial charge in [0.2, 0.25) is 5.82 Å². The van der Waals surface area contributed by atoms with E-state index in [0.717, 1.165) is 41.4 Å². The second-order valence-corrected chi connectivity index (χ2v) is 16.1. The predicted molar refractivity (Wildman–Crippen MR) is 193 cm³/mol. The summed E-state index contributed by atoms with van der Waals surface area (Å²) in [5.74, 6) is 6.11. The third-order valence-corrected chi connectivity index (χ3v) is 13.1. The van der Waals surface area contributed by atoms with Gasteiger partial charge in [-0.05, 0) is 168 Å². The van der Waals surface area contributed by atoms with Gasteiger partial charge in [0.15, 0.2) is 11.6 Å². The van der Waals surface area contributed by atoms with Crippen molar-refractivity contribution >= 4 is 0 Å². The second kappa shape index (κ2) is 17.0. The van der Waals surface area contributed by atoms with E-state index in [4.69, 9.17) is 4.74 Å². The van der Waals surface area contributed by atoms with Gasteiger partial charge in [0.1, 0.15) is 0 Å². The summed E-state index contributed by atoms with van der Waals surface area (Å²) in [5.41, 5.74) is 2.33. The Morgan fingerprint density at radius 3 is 1.68 bits per heavy atom. The summed E-state index contributed by atoms with van der Waals surface area (Å²) in [6, 6.07) is 11.1. The summed E-state index contributed by atoms with van der Waals surface area (Å²) in [7, 11) is 0. The van der Waals surface area contributed by atoms with Gasteiger partial charge in [-0.1, -0.05) is 74.9 Å². The SMILES string of the molecule is C/C=C/C1CCC(C2CCC(C3CCCC3)CC2)CC1.CCOc1ccc(-c2ccc(C3CCC(CC4CC4)CC3)cc2)c(F)c1F. The van der Waals surface area contributed by atoms with E-state index >= 15 is 0 Å². The van der Waals surface area contributed by atoms with E-state index in [-0.39, 0.29) is 11.3 Å². The Morgan fingerprint density at radius 1 is 0.617 bits per heavy atom. The fourth-order valence-electron chi connectivity index (χ4n) is 10.1. The quantitative estimate of drug-likeness (QED) is 0.247. The minimum Gasteiger partial charge on any atom is -0.491 e. The number of hydrogen-bond donors (Lipinski definition) is 0. The third kappa shape index (κ3) is 9.30. The molecule has 0 saturated heterocycles. The predicted octanol–water partition coefficient (Wildman–Crippen LogP) is 13.5. The van der Waals surface area contributed by atoms with Crippen molar-refractivity contribution in [3.05, 3.63) is 65.7 Å². The number of allylic oxidation sites excluding steroid dienone is 2. The van der Waals surface area contributed by atoms with E-state index in [1.807, 2.05) is 12.1 Å². The molecule has 0 bridgehead atoms. The first-order valence-corrected chi connectivity index (χ1v) is 19.9. The molecule has 0 heterocycles. The van der Waals surface area contributed by atoms with Gasteiger partial charge in [0.25, 0.3) is 0 Å². The Kier molecular flexibility index (Phi) is 12.5. The average molecular weight is 645 g/mol. The highest BCUT2D eigenvalue weighted by atomic mass is 19.2. The second-order valence-electron chi connectivity index (χ2n) is 16.1. The van der Waals surface area contributed by atoms with Crippen LogP contribution in [0.2, 0.25) is 0 Å². The molecule has 3 heteroatoms. The van der Waals surface area contributed by atoms with Crippen LogP contribution in [0.5, 0.6) is 5.75 Å². The molecule has 0 N–H and O–H groups in total. The molecule has 5 aliphatic carbocycles. The maximum absolute atomic E-state index is 14.4. The number of ether oxygens (including phenoxy) is 1. The summed E-state index contributed by atoms with van der Waals surface area (Å²) in [6.07, 6.45) is 32.7. The minimum absolute atomic E-state index is 0.0293. The Morgan fingerprint density at radius 2 is 1.15 bits per heavy atom. The topological polar surface area (TPSA) is 9.23 Å². The standard InChI is InChI=1S/C24H28F2O.C20H34/c1-2-27-22-14-13-21(23(25)24(22)26)20-11-9-19(10-12-20)18-7-5-17(6-8-18)15-16-3-4-16;1-2-5-16-8-10-18(11-9-16)20-14-12-19(13-15-20)17-6-3-4-7-17/h9-14,16-18H,2-8,15H2,1H3;2,5,16-20H,3-4,6-15H2,1H3/b;5-2+. The monoisotopic (exact) mass is 644 g/mol. The average Bonchev–Trinajstić information content (AvgIpc) is 3.76. The Bertz CT molecular complexity index is 1250. The summed E-state index contributed by atoms with van der Waals surface area (Å²) in [6.45, 7) is 4.24. The van der Waals surface area contributed by atoms with Crippen LogP contribution in [0.1, 0.15) is 147 Å². The fraction of sp³-hybridized carbons (Fsp3) is 0.682. The molecule has 47 heavy (non-hydrogen) atoms. The fourth-order valence-corrected chi connectivity index (χ4v) is 10.1. The lowest BCUT2D eigenvalue weighted by Gasteiger charge is -2.39. The van der Waals surface area contributed by atoms with Crippen LogP contribution in [-0.2, 0) is 0 Å². The van der Waals surface area contributed by atoms with E-state index < -0.39 is 11.6 Å². The summed E-state index contributed by atoms with van der Waals surface area (Å²) >= 11 is 0. The number of benzene rings is 2. The van der Waals surface area contributed by atoms with Crippen molar-refractivity contribution in [3.63, 3.8) is 0 Å². The normalized spacial score (nSPS) is 30.2. The van der Waals surface area contributed by atoms with Gasteiger partial charge < -0.3 is 4.74 Å². The zero-order valence-electron chi connectivity index (χ0n) is 29.5. The van der Waals surface area contributed by atoms with Gasteiger partial charge in [-0.15, -0.1) is 0 Å². The lowest BCUT2D eigenvalue weighted by atomic mass is 9.67. The molecule has 5 fully saturated rings. The number of rotatable bonds is 9. The Labute approximate surface area is 285 Å². The van der Waals surface area contributed by atoms with Crippen LogP contribution in [-0.4, -0.2) is 6.61 Å². The van der Waals surface area contributed by atoms with Crippen molar-refractivity contribution in [2.45, 2.75) is 142 Å². The van der Waals surface area contributed by atoms with Gasteiger partial charge in [-0.25, -0.2) is 4.39 Å². The van der Waals surface area contributed by atoms with Crippen molar-refractivity contribution < 1.29 is 13.5 Å². The van der Waals surface area contributed by atoms with Crippen LogP contribution in [0.3, 0.4) is 0 Å². The number of hydrogen-bond acceptors (Lipinski definition) is 1. The van der Waals surface area contributed by atoms with E-state index in [1.54, 1.807) is 51.5 Å². The van der Waals surface area contributed by atoms with Crippen LogP contribution in [0.25, 0.3) is 11.1 Å². The highest BCUT2D eigenvalue weighted by molar-refractivity contribution is 5.65. The molecule has 5 saturated carbocycles. The van der Waals surface area contributed by atoms with Crippen LogP contribution in [0.15, 0.2) is 48.6 Å². The first kappa shape index (κ1) is 34.7. The van der Waals surface area contributed by atoms with E-state index in [2.05, 4.69) is 31.2 Å². The smallest absolute Gasteiger partial charge is 0.201 e. The highest BCUT2D eigenvalue weighted by Gasteiger charge is 2.34. The minimum atomic E-state index is -0.910. The lowest BCUT2D eigenvalue weighted by molar-refractivity contribution is 0.132. The molecular weight excluding hydrogens is 582 g/mol. The van der Waals surface area contributed by atoms with Crippen LogP contribution in [0, 0.1) is 53.1 Å². The molecule has 5 aliphatic rings. The molecule has 0 unspecified atom stereocenters. The van der Waals surface area contributed by atoms with Crippen LogP contribution >= 0.6 is 0 Å². The van der Waals surface area contributed by atoms with E-state index in [1.165, 1.54) is 95.1 Å². The van der Waals surface area contributed by atoms with Gasteiger partial charge in [0.05, 0.1) is 6.61 Å². The molecule has 0 radical (unpaired) electrons. The first-order chi connectivity index (χ1) is 23.0. The van der Waals surface area contributed by atoms with Gasteiger partial charge >= 0.3 is 0 Å². The van der Waals surface area contributed by atoms with E-state index in [9.17, 15) is 8.78 Å². The highest BCUT2D eigenvalue weighted by Crippen LogP contribution is 2.46. The molecule has 1 nitrogen and oxygen atoms in total.